The van der Waals surface area contributed by atoms with Crippen LogP contribution in [0.3, 0.4) is 0 Å². The molecule has 10 heavy (non-hydrogen) atoms. The van der Waals surface area contributed by atoms with Crippen LogP contribution in [0.25, 0.3) is 0 Å². The van der Waals surface area contributed by atoms with Gasteiger partial charge in [-0.15, -0.1) is 10.2 Å². The Morgan fingerprint density at radius 1 is 1.50 bits per heavy atom. The second kappa shape index (κ2) is 2.98. The molecule has 0 fully saturated rings. The number of aromatic nitrogens is 2. The highest BCUT2D eigenvalue weighted by Gasteiger charge is 1.92. The number of rotatable bonds is 2. The Hall–Kier alpha value is -1.36. The zero-order valence-corrected chi connectivity index (χ0v) is 5.53. The van der Waals surface area contributed by atoms with E-state index in [0.29, 0.717) is 11.7 Å². The predicted molar refractivity (Wildman–Crippen MR) is 36.4 cm³/mol. The molecule has 0 saturated carbocycles. The molecule has 0 aliphatic heterocycles. The molecular weight excluding hydrogens is 132 g/mol. The zero-order chi connectivity index (χ0) is 7.40. The minimum Gasteiger partial charge on any atom is -0.480 e. The smallest absolute Gasteiger partial charge is 0.233 e. The van der Waals surface area contributed by atoms with Crippen LogP contribution < -0.4 is 16.0 Å². The van der Waals surface area contributed by atoms with Crippen LogP contribution in [-0.2, 0) is 0 Å². The van der Waals surface area contributed by atoms with Crippen molar-refractivity contribution in [2.75, 3.05) is 12.5 Å². The van der Waals surface area contributed by atoms with Crippen molar-refractivity contribution in [3.05, 3.63) is 12.1 Å². The van der Waals surface area contributed by atoms with E-state index in [1.165, 1.54) is 7.11 Å². The third-order valence-electron chi connectivity index (χ3n) is 0.997. The fraction of sp³-hybridized carbons (Fsp3) is 0.200. The molecule has 0 bridgehead atoms. The summed E-state index contributed by atoms with van der Waals surface area (Å²) in [5.41, 5.74) is 2.35. The van der Waals surface area contributed by atoms with E-state index in [4.69, 9.17) is 10.6 Å². The van der Waals surface area contributed by atoms with Crippen LogP contribution in [0.5, 0.6) is 5.88 Å². The quantitative estimate of drug-likeness (QED) is 0.438. The van der Waals surface area contributed by atoms with Crippen LogP contribution >= 0.6 is 0 Å². The fourth-order valence-corrected chi connectivity index (χ4v) is 0.506. The van der Waals surface area contributed by atoms with Crippen molar-refractivity contribution in [2.24, 2.45) is 5.84 Å². The van der Waals surface area contributed by atoms with Crippen LogP contribution in [-0.4, -0.2) is 17.3 Å². The average Bonchev–Trinajstić information content (AvgIpc) is 2.05. The van der Waals surface area contributed by atoms with Gasteiger partial charge in [0.2, 0.25) is 5.88 Å². The molecular formula is C5H8N4O. The summed E-state index contributed by atoms with van der Waals surface area (Å²) in [7, 11) is 1.53. The van der Waals surface area contributed by atoms with Gasteiger partial charge in [0, 0.05) is 6.07 Å². The maximum atomic E-state index is 5.05. The molecule has 0 radical (unpaired) electrons. The lowest BCUT2D eigenvalue weighted by molar-refractivity contribution is 0.392. The van der Waals surface area contributed by atoms with Gasteiger partial charge in [-0.25, -0.2) is 5.84 Å². The summed E-state index contributed by atoms with van der Waals surface area (Å²) >= 11 is 0. The summed E-state index contributed by atoms with van der Waals surface area (Å²) in [5.74, 6) is 6.03. The van der Waals surface area contributed by atoms with Gasteiger partial charge in [-0.05, 0) is 6.07 Å². The highest BCUT2D eigenvalue weighted by Crippen LogP contribution is 2.04. The van der Waals surface area contributed by atoms with E-state index >= 15 is 0 Å². The van der Waals surface area contributed by atoms with E-state index in [0.717, 1.165) is 0 Å². The van der Waals surface area contributed by atoms with Gasteiger partial charge >= 0.3 is 0 Å². The first-order valence-corrected chi connectivity index (χ1v) is 2.71. The van der Waals surface area contributed by atoms with Crippen LogP contribution in [0.1, 0.15) is 0 Å². The van der Waals surface area contributed by atoms with Crippen LogP contribution in [0.2, 0.25) is 0 Å². The standard InChI is InChI=1S/C5H8N4O/c1-10-5-3-2-4(7-6)8-9-5/h2-3H,6H2,1H3,(H,7,8). The fourth-order valence-electron chi connectivity index (χ4n) is 0.506. The molecule has 3 N–H and O–H groups in total. The number of hydrazine groups is 1. The van der Waals surface area contributed by atoms with Crippen LogP contribution in [0.15, 0.2) is 12.1 Å². The molecule has 0 spiro atoms. The van der Waals surface area contributed by atoms with E-state index < -0.39 is 0 Å². The van der Waals surface area contributed by atoms with Crippen molar-refractivity contribution >= 4 is 5.82 Å². The molecule has 0 aromatic carbocycles. The van der Waals surface area contributed by atoms with Crippen molar-refractivity contribution in [3.8, 4) is 5.88 Å². The van der Waals surface area contributed by atoms with Crippen LogP contribution in [0.4, 0.5) is 5.82 Å². The number of hydrogen-bond acceptors (Lipinski definition) is 5. The summed E-state index contributed by atoms with van der Waals surface area (Å²) in [4.78, 5) is 0. The van der Waals surface area contributed by atoms with Crippen molar-refractivity contribution in [1.82, 2.24) is 10.2 Å². The van der Waals surface area contributed by atoms with Gasteiger partial charge in [-0.2, -0.15) is 0 Å². The number of methoxy groups -OCH3 is 1. The predicted octanol–water partition coefficient (Wildman–Crippen LogP) is -0.229. The van der Waals surface area contributed by atoms with Crippen LogP contribution in [0, 0.1) is 0 Å². The summed E-state index contributed by atoms with van der Waals surface area (Å²) < 4.78 is 4.77. The number of nitrogens with two attached hydrogens (primary N) is 1. The summed E-state index contributed by atoms with van der Waals surface area (Å²) in [6, 6.07) is 3.34. The molecule has 0 aliphatic carbocycles. The van der Waals surface area contributed by atoms with Crippen molar-refractivity contribution in [1.29, 1.82) is 0 Å². The molecule has 1 aromatic rings. The lowest BCUT2D eigenvalue weighted by Crippen LogP contribution is -2.08. The molecule has 0 unspecified atom stereocenters. The minimum atomic E-state index is 0.471. The molecule has 1 heterocycles. The Morgan fingerprint density at radius 2 is 2.30 bits per heavy atom. The monoisotopic (exact) mass is 140 g/mol. The number of ether oxygens (including phenoxy) is 1. The van der Waals surface area contributed by atoms with Crippen molar-refractivity contribution in [2.45, 2.75) is 0 Å². The van der Waals surface area contributed by atoms with E-state index in [2.05, 4.69) is 15.6 Å². The van der Waals surface area contributed by atoms with Crippen molar-refractivity contribution < 1.29 is 4.74 Å². The Labute approximate surface area is 58.2 Å². The van der Waals surface area contributed by atoms with E-state index in [1.807, 2.05) is 0 Å². The van der Waals surface area contributed by atoms with Gasteiger partial charge in [0.15, 0.2) is 5.82 Å². The Balaban J connectivity index is 2.80. The average molecular weight is 140 g/mol. The summed E-state index contributed by atoms with van der Waals surface area (Å²) in [6.45, 7) is 0. The second-order valence-electron chi connectivity index (χ2n) is 1.61. The summed E-state index contributed by atoms with van der Waals surface area (Å²) in [6.07, 6.45) is 0. The second-order valence-corrected chi connectivity index (χ2v) is 1.61. The SMILES string of the molecule is COc1ccc(NN)nn1. The first-order chi connectivity index (χ1) is 4.86. The number of hydrogen-bond donors (Lipinski definition) is 2. The molecule has 0 atom stereocenters. The zero-order valence-electron chi connectivity index (χ0n) is 5.53. The Morgan fingerprint density at radius 3 is 2.70 bits per heavy atom. The maximum Gasteiger partial charge on any atom is 0.233 e. The molecule has 0 aliphatic rings. The molecule has 54 valence electrons. The summed E-state index contributed by atoms with van der Waals surface area (Å²) in [5, 5.41) is 7.31. The van der Waals surface area contributed by atoms with Crippen molar-refractivity contribution in [3.63, 3.8) is 0 Å². The minimum absolute atomic E-state index is 0.471. The van der Waals surface area contributed by atoms with E-state index in [-0.39, 0.29) is 0 Å². The van der Waals surface area contributed by atoms with Gasteiger partial charge < -0.3 is 10.2 Å². The number of nitrogens with zero attached hydrogens (tertiary/aromatic N) is 2. The van der Waals surface area contributed by atoms with Gasteiger partial charge in [0.1, 0.15) is 0 Å². The van der Waals surface area contributed by atoms with Gasteiger partial charge in [-0.3, -0.25) is 0 Å². The molecule has 5 heteroatoms. The molecule has 0 saturated heterocycles. The van der Waals surface area contributed by atoms with E-state index in [1.54, 1.807) is 12.1 Å². The van der Waals surface area contributed by atoms with Gasteiger partial charge in [0.25, 0.3) is 0 Å². The highest BCUT2D eigenvalue weighted by atomic mass is 16.5. The third-order valence-corrected chi connectivity index (χ3v) is 0.997. The topological polar surface area (TPSA) is 73.1 Å². The largest absolute Gasteiger partial charge is 0.480 e. The Bertz CT molecular complexity index is 174. The molecule has 1 rings (SSSR count). The van der Waals surface area contributed by atoms with E-state index in [9.17, 15) is 0 Å². The maximum absolute atomic E-state index is 5.05. The number of anilines is 1. The number of nitrogens with one attached hydrogen (secondary N) is 1. The third kappa shape index (κ3) is 1.32. The first-order valence-electron chi connectivity index (χ1n) is 2.71. The molecule has 1 aromatic heterocycles. The van der Waals surface area contributed by atoms with Gasteiger partial charge in [0.05, 0.1) is 7.11 Å². The molecule has 0 amide bonds. The first kappa shape index (κ1) is 6.76. The lowest BCUT2D eigenvalue weighted by Gasteiger charge is -1.97. The lowest BCUT2D eigenvalue weighted by atomic mass is 10.5. The Kier molecular flexibility index (Phi) is 2.01. The number of nitrogen functional groups attached to an aromatic ring is 1. The normalized spacial score (nSPS) is 9.00. The molecule has 5 nitrogen and oxygen atoms in total. The van der Waals surface area contributed by atoms with Gasteiger partial charge in [-0.1, -0.05) is 0 Å². The highest BCUT2D eigenvalue weighted by molar-refractivity contribution is 5.31.